The Morgan fingerprint density at radius 2 is 2.24 bits per heavy atom. The first kappa shape index (κ1) is 14.0. The summed E-state index contributed by atoms with van der Waals surface area (Å²) in [6.07, 6.45) is 5.84. The number of anilines is 1. The van der Waals surface area contributed by atoms with Gasteiger partial charge in [0.15, 0.2) is 0 Å². The molecule has 3 heterocycles. The second-order valence-corrected chi connectivity index (χ2v) is 5.15. The lowest BCUT2D eigenvalue weighted by molar-refractivity contribution is 0.199. The second-order valence-electron chi connectivity index (χ2n) is 5.15. The van der Waals surface area contributed by atoms with Gasteiger partial charge in [-0.15, -0.1) is 0 Å². The summed E-state index contributed by atoms with van der Waals surface area (Å²) < 4.78 is 7.21. The number of imidazole rings is 1. The number of ether oxygens (including phenoxy) is 1. The van der Waals surface area contributed by atoms with Crippen LogP contribution in [0.15, 0.2) is 30.7 Å². The molecule has 3 rings (SSSR count). The Morgan fingerprint density at radius 1 is 1.29 bits per heavy atom. The highest BCUT2D eigenvalue weighted by atomic mass is 16.5. The molecule has 0 saturated heterocycles. The highest BCUT2D eigenvalue weighted by Crippen LogP contribution is 2.18. The maximum Gasteiger partial charge on any atom is 0.128 e. The Hall–Kier alpha value is -1.92. The van der Waals surface area contributed by atoms with Crippen LogP contribution in [0, 0.1) is 0 Å². The van der Waals surface area contributed by atoms with Gasteiger partial charge in [-0.05, 0) is 11.6 Å². The van der Waals surface area contributed by atoms with E-state index >= 15 is 0 Å². The van der Waals surface area contributed by atoms with E-state index in [1.165, 1.54) is 5.56 Å². The van der Waals surface area contributed by atoms with Gasteiger partial charge in [0.2, 0.25) is 0 Å². The lowest BCUT2D eigenvalue weighted by Gasteiger charge is -2.28. The molecular weight excluding hydrogens is 266 g/mol. The normalized spacial score (nSPS) is 14.2. The summed E-state index contributed by atoms with van der Waals surface area (Å²) in [5, 5.41) is 3.32. The molecule has 6 heteroatoms. The predicted octanol–water partition coefficient (Wildman–Crippen LogP) is 1.03. The van der Waals surface area contributed by atoms with Gasteiger partial charge in [0.25, 0.3) is 0 Å². The van der Waals surface area contributed by atoms with Gasteiger partial charge in [-0.1, -0.05) is 6.07 Å². The van der Waals surface area contributed by atoms with E-state index in [0.29, 0.717) is 0 Å². The predicted molar refractivity (Wildman–Crippen MR) is 81.1 cm³/mol. The van der Waals surface area contributed by atoms with Crippen LogP contribution in [0.25, 0.3) is 0 Å². The zero-order valence-electron chi connectivity index (χ0n) is 12.3. The summed E-state index contributed by atoms with van der Waals surface area (Å²) in [5.41, 5.74) is 1.19. The molecule has 0 aromatic carbocycles. The van der Waals surface area contributed by atoms with Crippen molar-refractivity contribution >= 4 is 5.82 Å². The minimum atomic E-state index is 0.728. The number of nitrogens with zero attached hydrogens (tertiary/aromatic N) is 4. The largest absolute Gasteiger partial charge is 0.383 e. The molecule has 112 valence electrons. The van der Waals surface area contributed by atoms with Crippen molar-refractivity contribution in [2.75, 3.05) is 31.7 Å². The highest BCUT2D eigenvalue weighted by molar-refractivity contribution is 5.40. The van der Waals surface area contributed by atoms with Crippen LogP contribution >= 0.6 is 0 Å². The second kappa shape index (κ2) is 6.69. The van der Waals surface area contributed by atoms with Crippen LogP contribution in [0.4, 0.5) is 5.82 Å². The molecule has 0 fully saturated rings. The lowest BCUT2D eigenvalue weighted by atomic mass is 10.2. The van der Waals surface area contributed by atoms with Crippen molar-refractivity contribution in [3.8, 4) is 0 Å². The number of hydrogen-bond acceptors (Lipinski definition) is 5. The first-order valence-corrected chi connectivity index (χ1v) is 7.26. The van der Waals surface area contributed by atoms with Crippen LogP contribution in [0.1, 0.15) is 11.4 Å². The van der Waals surface area contributed by atoms with E-state index in [4.69, 9.17) is 4.74 Å². The molecule has 1 N–H and O–H groups in total. The third-order valence-electron chi connectivity index (χ3n) is 3.69. The van der Waals surface area contributed by atoms with E-state index in [1.54, 1.807) is 7.11 Å². The number of rotatable bonds is 6. The van der Waals surface area contributed by atoms with Gasteiger partial charge in [0, 0.05) is 51.9 Å². The molecule has 0 unspecified atom stereocenters. The van der Waals surface area contributed by atoms with E-state index < -0.39 is 0 Å². The Labute approximate surface area is 124 Å². The molecule has 1 aliphatic rings. The van der Waals surface area contributed by atoms with Gasteiger partial charge in [-0.25, -0.2) is 9.97 Å². The summed E-state index contributed by atoms with van der Waals surface area (Å²) in [4.78, 5) is 11.2. The van der Waals surface area contributed by atoms with Crippen molar-refractivity contribution < 1.29 is 4.74 Å². The average Bonchev–Trinajstić information content (AvgIpc) is 3.00. The van der Waals surface area contributed by atoms with Crippen molar-refractivity contribution in [1.82, 2.24) is 19.9 Å². The van der Waals surface area contributed by atoms with Gasteiger partial charge in [0.05, 0.1) is 13.2 Å². The fourth-order valence-electron chi connectivity index (χ4n) is 2.48. The minimum absolute atomic E-state index is 0.728. The summed E-state index contributed by atoms with van der Waals surface area (Å²) in [5.74, 6) is 2.12. The molecule has 6 nitrogen and oxygen atoms in total. The first-order chi connectivity index (χ1) is 10.4. The van der Waals surface area contributed by atoms with Crippen molar-refractivity contribution in [3.63, 3.8) is 0 Å². The Balaban J connectivity index is 1.57. The average molecular weight is 287 g/mol. The Morgan fingerprint density at radius 3 is 3.05 bits per heavy atom. The maximum atomic E-state index is 5.01. The zero-order valence-corrected chi connectivity index (χ0v) is 12.3. The van der Waals surface area contributed by atoms with Crippen LogP contribution in [-0.4, -0.2) is 41.3 Å². The van der Waals surface area contributed by atoms with E-state index in [1.807, 2.05) is 18.6 Å². The van der Waals surface area contributed by atoms with E-state index in [2.05, 4.69) is 36.9 Å². The van der Waals surface area contributed by atoms with Gasteiger partial charge >= 0.3 is 0 Å². The number of hydrogen-bond donors (Lipinski definition) is 1. The fraction of sp³-hybridized carbons (Fsp3) is 0.467. The van der Waals surface area contributed by atoms with Crippen LogP contribution in [0.2, 0.25) is 0 Å². The van der Waals surface area contributed by atoms with Crippen molar-refractivity contribution in [3.05, 3.63) is 42.1 Å². The molecule has 0 spiro atoms. The molecule has 0 saturated carbocycles. The SMILES string of the molecule is COCCNCc1ccc(N2CCn3ccnc3C2)nc1. The molecule has 0 radical (unpaired) electrons. The lowest BCUT2D eigenvalue weighted by Crippen LogP contribution is -2.34. The highest BCUT2D eigenvalue weighted by Gasteiger charge is 2.17. The molecule has 1 aliphatic heterocycles. The maximum absolute atomic E-state index is 5.01. The molecule has 2 aromatic rings. The van der Waals surface area contributed by atoms with Gasteiger partial charge in [-0.3, -0.25) is 0 Å². The molecule has 0 amide bonds. The van der Waals surface area contributed by atoms with Gasteiger partial charge in [0.1, 0.15) is 11.6 Å². The monoisotopic (exact) mass is 287 g/mol. The fourth-order valence-corrected chi connectivity index (χ4v) is 2.48. The van der Waals surface area contributed by atoms with E-state index in [9.17, 15) is 0 Å². The first-order valence-electron chi connectivity index (χ1n) is 7.26. The molecular formula is C15H21N5O. The minimum Gasteiger partial charge on any atom is -0.383 e. The molecule has 0 bridgehead atoms. The van der Waals surface area contributed by atoms with Gasteiger partial charge in [-0.2, -0.15) is 0 Å². The Kier molecular flexibility index (Phi) is 4.47. The number of nitrogens with one attached hydrogen (secondary N) is 1. The number of methoxy groups -OCH3 is 1. The third kappa shape index (κ3) is 3.40. The van der Waals surface area contributed by atoms with Crippen molar-refractivity contribution in [2.45, 2.75) is 19.6 Å². The van der Waals surface area contributed by atoms with Gasteiger partial charge < -0.3 is 19.5 Å². The third-order valence-corrected chi connectivity index (χ3v) is 3.69. The molecule has 0 atom stereocenters. The van der Waals surface area contributed by atoms with Crippen LogP contribution < -0.4 is 10.2 Å². The molecule has 0 aliphatic carbocycles. The van der Waals surface area contributed by atoms with Crippen molar-refractivity contribution in [1.29, 1.82) is 0 Å². The topological polar surface area (TPSA) is 55.2 Å². The van der Waals surface area contributed by atoms with E-state index in [-0.39, 0.29) is 0 Å². The zero-order chi connectivity index (χ0) is 14.5. The van der Waals surface area contributed by atoms with E-state index in [0.717, 1.165) is 51.0 Å². The van der Waals surface area contributed by atoms with Crippen LogP contribution in [0.3, 0.4) is 0 Å². The summed E-state index contributed by atoms with van der Waals surface area (Å²) in [6, 6.07) is 4.22. The Bertz CT molecular complexity index is 566. The molecule has 2 aromatic heterocycles. The molecule has 21 heavy (non-hydrogen) atoms. The van der Waals surface area contributed by atoms with Crippen LogP contribution in [0.5, 0.6) is 0 Å². The quantitative estimate of drug-likeness (QED) is 0.804. The number of pyridine rings is 1. The summed E-state index contributed by atoms with van der Waals surface area (Å²) in [6.45, 7) is 5.17. The van der Waals surface area contributed by atoms with Crippen molar-refractivity contribution in [2.24, 2.45) is 0 Å². The smallest absolute Gasteiger partial charge is 0.128 e. The number of aromatic nitrogens is 3. The summed E-state index contributed by atoms with van der Waals surface area (Å²) >= 11 is 0. The standard InChI is InChI=1S/C15H21N5O/c1-21-9-5-16-10-13-2-3-14(18-11-13)20-8-7-19-6-4-17-15(19)12-20/h2-4,6,11,16H,5,7-10,12H2,1H3. The summed E-state index contributed by atoms with van der Waals surface area (Å²) in [7, 11) is 1.71. The number of fused-ring (bicyclic) bond motifs is 1. The van der Waals surface area contributed by atoms with Crippen LogP contribution in [-0.2, 0) is 24.4 Å².